The Morgan fingerprint density at radius 2 is 2.19 bits per heavy atom. The summed E-state index contributed by atoms with van der Waals surface area (Å²) in [6, 6.07) is 7.22. The molecule has 118 valence electrons. The predicted molar refractivity (Wildman–Crippen MR) is 90.2 cm³/mol. The van der Waals surface area contributed by atoms with Crippen molar-refractivity contribution in [2.45, 2.75) is 39.7 Å². The highest BCUT2D eigenvalue weighted by Crippen LogP contribution is 2.23. The summed E-state index contributed by atoms with van der Waals surface area (Å²) < 4.78 is 5.59. The summed E-state index contributed by atoms with van der Waals surface area (Å²) in [6.45, 7) is 10.5. The van der Waals surface area contributed by atoms with Crippen molar-refractivity contribution in [3.05, 3.63) is 29.3 Å². The number of ether oxygens (including phenoxy) is 1. The van der Waals surface area contributed by atoms with E-state index in [4.69, 9.17) is 4.74 Å². The lowest BCUT2D eigenvalue weighted by molar-refractivity contribution is 0.177. The zero-order chi connectivity index (χ0) is 15.2. The SMILES string of the molecule is CCCNC(CN(C)c1ccc(C)cc1C)C1CCOC1. The number of hydrogen-bond acceptors (Lipinski definition) is 3. The van der Waals surface area contributed by atoms with Gasteiger partial charge in [0.1, 0.15) is 0 Å². The normalized spacial score (nSPS) is 19.7. The zero-order valence-electron chi connectivity index (χ0n) is 14.0. The fourth-order valence-electron chi connectivity index (χ4n) is 3.21. The van der Waals surface area contributed by atoms with Crippen molar-refractivity contribution in [2.24, 2.45) is 5.92 Å². The van der Waals surface area contributed by atoms with Gasteiger partial charge in [0, 0.05) is 37.8 Å². The highest BCUT2D eigenvalue weighted by atomic mass is 16.5. The van der Waals surface area contributed by atoms with Crippen molar-refractivity contribution in [3.8, 4) is 0 Å². The van der Waals surface area contributed by atoms with E-state index in [1.807, 2.05) is 0 Å². The van der Waals surface area contributed by atoms with E-state index >= 15 is 0 Å². The van der Waals surface area contributed by atoms with Crippen molar-refractivity contribution in [1.29, 1.82) is 0 Å². The molecule has 1 aliphatic heterocycles. The molecule has 0 spiro atoms. The van der Waals surface area contributed by atoms with Crippen molar-refractivity contribution < 1.29 is 4.74 Å². The Morgan fingerprint density at radius 3 is 2.81 bits per heavy atom. The number of anilines is 1. The van der Waals surface area contributed by atoms with Gasteiger partial charge in [-0.2, -0.15) is 0 Å². The first-order valence-corrected chi connectivity index (χ1v) is 8.21. The maximum absolute atomic E-state index is 5.59. The molecule has 1 fully saturated rings. The molecule has 1 aromatic rings. The zero-order valence-corrected chi connectivity index (χ0v) is 14.0. The van der Waals surface area contributed by atoms with Gasteiger partial charge in [-0.25, -0.2) is 0 Å². The Balaban J connectivity index is 2.03. The maximum atomic E-state index is 5.59. The summed E-state index contributed by atoms with van der Waals surface area (Å²) in [5.41, 5.74) is 4.02. The van der Waals surface area contributed by atoms with Gasteiger partial charge < -0.3 is 15.0 Å². The Hall–Kier alpha value is -1.06. The molecule has 0 radical (unpaired) electrons. The van der Waals surface area contributed by atoms with E-state index in [1.54, 1.807) is 0 Å². The highest BCUT2D eigenvalue weighted by Gasteiger charge is 2.26. The van der Waals surface area contributed by atoms with Gasteiger partial charge in [0.05, 0.1) is 6.61 Å². The van der Waals surface area contributed by atoms with Crippen LogP contribution in [0.4, 0.5) is 5.69 Å². The lowest BCUT2D eigenvalue weighted by Crippen LogP contribution is -2.45. The first-order chi connectivity index (χ1) is 10.1. The molecule has 1 aromatic carbocycles. The molecule has 0 saturated carbocycles. The molecule has 0 bridgehead atoms. The molecule has 2 atom stereocenters. The van der Waals surface area contributed by atoms with E-state index in [1.165, 1.54) is 29.7 Å². The molecule has 1 heterocycles. The smallest absolute Gasteiger partial charge is 0.0510 e. The lowest BCUT2D eigenvalue weighted by Gasteiger charge is -2.31. The summed E-state index contributed by atoms with van der Waals surface area (Å²) in [4.78, 5) is 2.39. The van der Waals surface area contributed by atoms with Gasteiger partial charge in [0.15, 0.2) is 0 Å². The third-order valence-corrected chi connectivity index (χ3v) is 4.42. The molecule has 2 rings (SSSR count). The Kier molecular flexibility index (Phi) is 6.07. The fraction of sp³-hybridized carbons (Fsp3) is 0.667. The van der Waals surface area contributed by atoms with Crippen LogP contribution in [0.2, 0.25) is 0 Å². The molecule has 1 N–H and O–H groups in total. The molecule has 0 aliphatic carbocycles. The minimum Gasteiger partial charge on any atom is -0.381 e. The van der Waals surface area contributed by atoms with E-state index < -0.39 is 0 Å². The van der Waals surface area contributed by atoms with Gasteiger partial charge in [-0.3, -0.25) is 0 Å². The molecule has 3 nitrogen and oxygen atoms in total. The molecular formula is C18H30N2O. The van der Waals surface area contributed by atoms with Crippen LogP contribution in [0.15, 0.2) is 18.2 Å². The second-order valence-corrected chi connectivity index (χ2v) is 6.35. The summed E-state index contributed by atoms with van der Waals surface area (Å²) in [5.74, 6) is 0.643. The third kappa shape index (κ3) is 4.45. The number of aryl methyl sites for hydroxylation is 2. The Bertz CT molecular complexity index is 441. The van der Waals surface area contributed by atoms with E-state index in [0.29, 0.717) is 12.0 Å². The van der Waals surface area contributed by atoms with Crippen LogP contribution >= 0.6 is 0 Å². The summed E-state index contributed by atoms with van der Waals surface area (Å²) in [7, 11) is 2.20. The number of nitrogens with one attached hydrogen (secondary N) is 1. The Morgan fingerprint density at radius 1 is 1.38 bits per heavy atom. The first-order valence-electron chi connectivity index (χ1n) is 8.21. The Labute approximate surface area is 129 Å². The number of rotatable bonds is 7. The number of likely N-dealkylation sites (N-methyl/N-ethyl adjacent to an activating group) is 1. The van der Waals surface area contributed by atoms with Gasteiger partial charge in [-0.15, -0.1) is 0 Å². The molecule has 2 unspecified atom stereocenters. The minimum absolute atomic E-state index is 0.512. The van der Waals surface area contributed by atoms with Crippen LogP contribution in [0.1, 0.15) is 30.9 Å². The summed E-state index contributed by atoms with van der Waals surface area (Å²) in [5, 5.41) is 3.72. The van der Waals surface area contributed by atoms with Crippen molar-refractivity contribution >= 4 is 5.69 Å². The molecule has 21 heavy (non-hydrogen) atoms. The van der Waals surface area contributed by atoms with E-state index in [2.05, 4.69) is 56.2 Å². The lowest BCUT2D eigenvalue weighted by atomic mass is 9.98. The molecule has 0 aromatic heterocycles. The number of benzene rings is 1. The third-order valence-electron chi connectivity index (χ3n) is 4.42. The van der Waals surface area contributed by atoms with Gasteiger partial charge in [0.25, 0.3) is 0 Å². The van der Waals surface area contributed by atoms with Crippen LogP contribution in [0, 0.1) is 19.8 Å². The van der Waals surface area contributed by atoms with Crippen molar-refractivity contribution in [3.63, 3.8) is 0 Å². The fourth-order valence-corrected chi connectivity index (χ4v) is 3.21. The monoisotopic (exact) mass is 290 g/mol. The number of nitrogens with zero attached hydrogens (tertiary/aromatic N) is 1. The molecule has 0 amide bonds. The average Bonchev–Trinajstić information content (AvgIpc) is 2.97. The highest BCUT2D eigenvalue weighted by molar-refractivity contribution is 5.53. The molecular weight excluding hydrogens is 260 g/mol. The van der Waals surface area contributed by atoms with Crippen LogP contribution in [0.25, 0.3) is 0 Å². The van der Waals surface area contributed by atoms with Crippen LogP contribution < -0.4 is 10.2 Å². The minimum atomic E-state index is 0.512. The summed E-state index contributed by atoms with van der Waals surface area (Å²) >= 11 is 0. The summed E-state index contributed by atoms with van der Waals surface area (Å²) in [6.07, 6.45) is 2.36. The second-order valence-electron chi connectivity index (χ2n) is 6.35. The largest absolute Gasteiger partial charge is 0.381 e. The first kappa shape index (κ1) is 16.3. The quantitative estimate of drug-likeness (QED) is 0.835. The van der Waals surface area contributed by atoms with Crippen molar-refractivity contribution in [2.75, 3.05) is 38.3 Å². The predicted octanol–water partition coefficient (Wildman–Crippen LogP) is 3.14. The second kappa shape index (κ2) is 7.81. The van der Waals surface area contributed by atoms with E-state index in [9.17, 15) is 0 Å². The molecule has 1 aliphatic rings. The van der Waals surface area contributed by atoms with Crippen LogP contribution in [-0.4, -0.2) is 39.4 Å². The topological polar surface area (TPSA) is 24.5 Å². The van der Waals surface area contributed by atoms with Crippen LogP contribution in [-0.2, 0) is 4.74 Å². The maximum Gasteiger partial charge on any atom is 0.0510 e. The average molecular weight is 290 g/mol. The van der Waals surface area contributed by atoms with Crippen LogP contribution in [0.3, 0.4) is 0 Å². The molecule has 1 saturated heterocycles. The van der Waals surface area contributed by atoms with Gasteiger partial charge >= 0.3 is 0 Å². The van der Waals surface area contributed by atoms with Crippen molar-refractivity contribution in [1.82, 2.24) is 5.32 Å². The van der Waals surface area contributed by atoms with E-state index in [-0.39, 0.29) is 0 Å². The van der Waals surface area contributed by atoms with Crippen LogP contribution in [0.5, 0.6) is 0 Å². The van der Waals surface area contributed by atoms with Gasteiger partial charge in [-0.1, -0.05) is 24.6 Å². The molecule has 3 heteroatoms. The van der Waals surface area contributed by atoms with Gasteiger partial charge in [0.2, 0.25) is 0 Å². The van der Waals surface area contributed by atoms with E-state index in [0.717, 1.165) is 26.3 Å². The number of hydrogen-bond donors (Lipinski definition) is 1. The van der Waals surface area contributed by atoms with Gasteiger partial charge in [-0.05, 0) is 44.9 Å². The standard InChI is InChI=1S/C18H30N2O/c1-5-9-19-17(16-8-10-21-13-16)12-20(4)18-7-6-14(2)11-15(18)3/h6-7,11,16-17,19H,5,8-10,12-13H2,1-4H3.